The van der Waals surface area contributed by atoms with Crippen molar-refractivity contribution in [3.8, 4) is 0 Å². The van der Waals surface area contributed by atoms with E-state index in [0.717, 1.165) is 11.3 Å². The molecule has 0 aliphatic carbocycles. The van der Waals surface area contributed by atoms with Gasteiger partial charge in [-0.25, -0.2) is 4.79 Å². The summed E-state index contributed by atoms with van der Waals surface area (Å²) < 4.78 is 46.6. The molecule has 0 aromatic heterocycles. The SMILES string of the molecule is CCN1C(=NC)C(N2CCN(C(=O)OC(C)(C)C)CC2)=CCC(C)c2c(C)cc(C(F)(F)F)cc21. The van der Waals surface area contributed by atoms with Crippen molar-refractivity contribution in [1.29, 1.82) is 0 Å². The number of likely N-dealkylation sites (N-methyl/N-ethyl adjacent to an activating group) is 1. The molecule has 1 fully saturated rings. The van der Waals surface area contributed by atoms with Crippen LogP contribution < -0.4 is 4.90 Å². The number of amidine groups is 1. The van der Waals surface area contributed by atoms with Crippen molar-refractivity contribution >= 4 is 17.6 Å². The van der Waals surface area contributed by atoms with Crippen LogP contribution in [0.5, 0.6) is 0 Å². The minimum Gasteiger partial charge on any atom is -0.444 e. The number of benzene rings is 1. The lowest BCUT2D eigenvalue weighted by atomic mass is 9.88. The monoisotopic (exact) mass is 494 g/mol. The van der Waals surface area contributed by atoms with Crippen molar-refractivity contribution in [1.82, 2.24) is 9.80 Å². The van der Waals surface area contributed by atoms with Gasteiger partial charge in [-0.15, -0.1) is 0 Å². The minimum atomic E-state index is -4.43. The Kier molecular flexibility index (Phi) is 7.77. The van der Waals surface area contributed by atoms with Gasteiger partial charge in [-0.05, 0) is 70.2 Å². The first kappa shape index (κ1) is 26.9. The first-order valence-corrected chi connectivity index (χ1v) is 12.2. The van der Waals surface area contributed by atoms with Gasteiger partial charge >= 0.3 is 12.3 Å². The number of aryl methyl sites for hydroxylation is 1. The van der Waals surface area contributed by atoms with E-state index in [1.54, 1.807) is 18.9 Å². The minimum absolute atomic E-state index is 0.0396. The lowest BCUT2D eigenvalue weighted by Crippen LogP contribution is -2.51. The van der Waals surface area contributed by atoms with Crippen LogP contribution in [0.4, 0.5) is 23.7 Å². The summed E-state index contributed by atoms with van der Waals surface area (Å²) in [4.78, 5) is 22.8. The van der Waals surface area contributed by atoms with Gasteiger partial charge in [0.1, 0.15) is 5.60 Å². The predicted octanol–water partition coefficient (Wildman–Crippen LogP) is 5.81. The van der Waals surface area contributed by atoms with E-state index in [1.165, 1.54) is 12.1 Å². The molecule has 1 saturated heterocycles. The molecule has 35 heavy (non-hydrogen) atoms. The summed E-state index contributed by atoms with van der Waals surface area (Å²) in [6.45, 7) is 13.9. The van der Waals surface area contributed by atoms with E-state index in [9.17, 15) is 18.0 Å². The molecule has 2 aliphatic rings. The largest absolute Gasteiger partial charge is 0.444 e. The van der Waals surface area contributed by atoms with Crippen LogP contribution in [0.15, 0.2) is 28.9 Å². The Hall–Kier alpha value is -2.71. The number of halogens is 3. The molecule has 0 spiro atoms. The van der Waals surface area contributed by atoms with Gasteiger partial charge < -0.3 is 19.4 Å². The molecule has 0 N–H and O–H groups in total. The van der Waals surface area contributed by atoms with Crippen LogP contribution >= 0.6 is 0 Å². The fraction of sp³-hybridized carbons (Fsp3) is 0.615. The van der Waals surface area contributed by atoms with Gasteiger partial charge in [-0.1, -0.05) is 13.0 Å². The third-order valence-electron chi connectivity index (χ3n) is 6.43. The number of amides is 1. The zero-order valence-electron chi connectivity index (χ0n) is 21.8. The summed E-state index contributed by atoms with van der Waals surface area (Å²) in [5, 5.41) is 0. The summed E-state index contributed by atoms with van der Waals surface area (Å²) in [6.07, 6.45) is -1.94. The van der Waals surface area contributed by atoms with E-state index in [2.05, 4.69) is 22.9 Å². The molecule has 1 aromatic carbocycles. The highest BCUT2D eigenvalue weighted by Crippen LogP contribution is 2.41. The number of ether oxygens (including phenoxy) is 1. The van der Waals surface area contributed by atoms with E-state index in [1.807, 2.05) is 32.6 Å². The van der Waals surface area contributed by atoms with Crippen LogP contribution in [0, 0.1) is 6.92 Å². The lowest BCUT2D eigenvalue weighted by Gasteiger charge is -2.41. The zero-order chi connectivity index (χ0) is 26.1. The van der Waals surface area contributed by atoms with Gasteiger partial charge in [0.2, 0.25) is 0 Å². The standard InChI is InChI=1S/C26H37F3N4O2/c1-8-33-21-16-19(26(27,28)29)15-18(3)22(21)17(2)9-10-20(23(33)30-7)31-11-13-32(14-12-31)24(34)35-25(4,5)6/h10,15-17H,8-9,11-14H2,1-7H3. The number of alkyl halides is 3. The summed E-state index contributed by atoms with van der Waals surface area (Å²) in [5.74, 6) is 0.683. The van der Waals surface area contributed by atoms with Crippen molar-refractivity contribution in [3.05, 3.63) is 40.6 Å². The number of carbonyl (C=O) groups is 1. The first-order valence-electron chi connectivity index (χ1n) is 12.2. The second-order valence-corrected chi connectivity index (χ2v) is 10.2. The van der Waals surface area contributed by atoms with Crippen LogP contribution in [0.3, 0.4) is 0 Å². The Morgan fingerprint density at radius 1 is 1.14 bits per heavy atom. The van der Waals surface area contributed by atoms with Gasteiger partial charge in [0.05, 0.1) is 11.3 Å². The number of rotatable bonds is 2. The number of hydrogen-bond donors (Lipinski definition) is 0. The molecule has 1 aromatic rings. The summed E-state index contributed by atoms with van der Waals surface area (Å²) in [7, 11) is 1.67. The molecule has 3 rings (SSSR count). The topological polar surface area (TPSA) is 48.4 Å². The van der Waals surface area contributed by atoms with Gasteiger partial charge in [0.15, 0.2) is 5.84 Å². The van der Waals surface area contributed by atoms with Crippen molar-refractivity contribution in [3.63, 3.8) is 0 Å². The van der Waals surface area contributed by atoms with Gasteiger partial charge in [-0.3, -0.25) is 4.99 Å². The number of anilines is 1. The van der Waals surface area contributed by atoms with Crippen LogP contribution in [0.2, 0.25) is 0 Å². The van der Waals surface area contributed by atoms with E-state index in [4.69, 9.17) is 4.74 Å². The maximum atomic E-state index is 13.7. The molecule has 0 bridgehead atoms. The van der Waals surface area contributed by atoms with Crippen LogP contribution in [0.25, 0.3) is 0 Å². The highest BCUT2D eigenvalue weighted by Gasteiger charge is 2.35. The van der Waals surface area contributed by atoms with E-state index in [-0.39, 0.29) is 12.0 Å². The maximum absolute atomic E-state index is 13.7. The lowest BCUT2D eigenvalue weighted by molar-refractivity contribution is -0.137. The number of fused-ring (bicyclic) bond motifs is 1. The van der Waals surface area contributed by atoms with Crippen LogP contribution in [-0.4, -0.2) is 67.1 Å². The summed E-state index contributed by atoms with van der Waals surface area (Å²) >= 11 is 0. The van der Waals surface area contributed by atoms with Crippen molar-refractivity contribution in [2.24, 2.45) is 4.99 Å². The molecule has 6 nitrogen and oxygen atoms in total. The molecule has 194 valence electrons. The highest BCUT2D eigenvalue weighted by atomic mass is 19.4. The Morgan fingerprint density at radius 3 is 2.29 bits per heavy atom. The molecular formula is C26H37F3N4O2. The quantitative estimate of drug-likeness (QED) is 0.521. The predicted molar refractivity (Wildman–Crippen MR) is 133 cm³/mol. The Morgan fingerprint density at radius 2 is 1.77 bits per heavy atom. The average molecular weight is 495 g/mol. The fourth-order valence-corrected chi connectivity index (χ4v) is 4.84. The normalized spacial score (nSPS) is 20.9. The van der Waals surface area contributed by atoms with Gasteiger partial charge in [0.25, 0.3) is 0 Å². The van der Waals surface area contributed by atoms with Crippen molar-refractivity contribution < 1.29 is 22.7 Å². The van der Waals surface area contributed by atoms with Crippen molar-refractivity contribution in [2.75, 3.05) is 44.7 Å². The number of nitrogens with zero attached hydrogens (tertiary/aromatic N) is 4. The maximum Gasteiger partial charge on any atom is 0.416 e. The van der Waals surface area contributed by atoms with Crippen LogP contribution in [-0.2, 0) is 10.9 Å². The third-order valence-corrected chi connectivity index (χ3v) is 6.43. The van der Waals surface area contributed by atoms with Crippen molar-refractivity contribution in [2.45, 2.75) is 65.7 Å². The second-order valence-electron chi connectivity index (χ2n) is 10.2. The van der Waals surface area contributed by atoms with Gasteiger partial charge in [0, 0.05) is 45.5 Å². The molecule has 0 radical (unpaired) electrons. The second kappa shape index (κ2) is 10.1. The summed E-state index contributed by atoms with van der Waals surface area (Å²) in [6, 6.07) is 2.50. The van der Waals surface area contributed by atoms with Crippen LogP contribution in [0.1, 0.15) is 63.6 Å². The average Bonchev–Trinajstić information content (AvgIpc) is 2.75. The van der Waals surface area contributed by atoms with Gasteiger partial charge in [-0.2, -0.15) is 13.2 Å². The highest BCUT2D eigenvalue weighted by molar-refractivity contribution is 6.10. The molecule has 2 aliphatic heterocycles. The van der Waals surface area contributed by atoms with E-state index in [0.29, 0.717) is 56.2 Å². The Bertz CT molecular complexity index is 1000. The Labute approximate surface area is 206 Å². The molecule has 1 amide bonds. The molecule has 2 heterocycles. The van der Waals surface area contributed by atoms with E-state index >= 15 is 0 Å². The molecule has 1 atom stereocenters. The molecule has 9 heteroatoms. The fourth-order valence-electron chi connectivity index (χ4n) is 4.84. The number of hydrogen-bond acceptors (Lipinski definition) is 4. The number of carbonyl (C=O) groups excluding carboxylic acids is 1. The Balaban J connectivity index is 1.93. The van der Waals surface area contributed by atoms with E-state index < -0.39 is 17.3 Å². The summed E-state index contributed by atoms with van der Waals surface area (Å²) in [5.41, 5.74) is 1.81. The number of aliphatic imine (C=N–C) groups is 1. The smallest absolute Gasteiger partial charge is 0.416 e. The zero-order valence-corrected chi connectivity index (χ0v) is 21.8. The molecule has 1 unspecified atom stereocenters. The third kappa shape index (κ3) is 5.93. The molecule has 0 saturated carbocycles. The first-order chi connectivity index (χ1) is 16.3. The molecular weight excluding hydrogens is 457 g/mol. The number of allylic oxidation sites excluding steroid dienone is 1. The number of piperazine rings is 1.